The standard InChI is InChI=1S/C18H16N2O3S/c1-3-17(22)20(10-14-8-12(2)19-23-14)18-9-13(11-24-18)15-6-4-5-7-16(15)21/h3-9,11,21H,1,10H2,2H3. The molecule has 0 radical (unpaired) electrons. The molecule has 0 spiro atoms. The number of anilines is 1. The van der Waals surface area contributed by atoms with Crippen molar-refractivity contribution in [1.82, 2.24) is 5.16 Å². The maximum atomic E-state index is 12.2. The van der Waals surface area contributed by atoms with Crippen molar-refractivity contribution in [3.8, 4) is 16.9 Å². The number of phenolic OH excluding ortho intramolecular Hbond substituents is 1. The minimum absolute atomic E-state index is 0.203. The summed E-state index contributed by atoms with van der Waals surface area (Å²) in [7, 11) is 0. The van der Waals surface area contributed by atoms with E-state index in [4.69, 9.17) is 4.52 Å². The van der Waals surface area contributed by atoms with Crippen molar-refractivity contribution in [3.63, 3.8) is 0 Å². The Balaban J connectivity index is 1.93. The molecular formula is C18H16N2O3S. The summed E-state index contributed by atoms with van der Waals surface area (Å²) in [6.07, 6.45) is 1.27. The fraction of sp³-hybridized carbons (Fsp3) is 0.111. The molecule has 2 heterocycles. The van der Waals surface area contributed by atoms with Crippen LogP contribution < -0.4 is 4.90 Å². The number of para-hydroxylation sites is 1. The summed E-state index contributed by atoms with van der Waals surface area (Å²) in [5.74, 6) is 0.573. The van der Waals surface area contributed by atoms with Gasteiger partial charge in [-0.1, -0.05) is 29.9 Å². The van der Waals surface area contributed by atoms with Gasteiger partial charge in [0.05, 0.1) is 17.2 Å². The number of thiophene rings is 1. The second-order valence-corrected chi connectivity index (χ2v) is 6.14. The lowest BCUT2D eigenvalue weighted by molar-refractivity contribution is -0.114. The van der Waals surface area contributed by atoms with Gasteiger partial charge in [0.15, 0.2) is 5.76 Å². The topological polar surface area (TPSA) is 66.6 Å². The zero-order chi connectivity index (χ0) is 17.1. The highest BCUT2D eigenvalue weighted by Crippen LogP contribution is 2.36. The number of carbonyl (C=O) groups is 1. The van der Waals surface area contributed by atoms with Gasteiger partial charge < -0.3 is 9.63 Å². The number of rotatable bonds is 5. The number of phenols is 1. The van der Waals surface area contributed by atoms with Crippen LogP contribution in [0.1, 0.15) is 11.5 Å². The molecule has 0 unspecified atom stereocenters. The highest BCUT2D eigenvalue weighted by atomic mass is 32.1. The predicted molar refractivity (Wildman–Crippen MR) is 94.0 cm³/mol. The van der Waals surface area contributed by atoms with Crippen LogP contribution in [0.15, 0.2) is 59.0 Å². The van der Waals surface area contributed by atoms with Crippen molar-refractivity contribution in [2.45, 2.75) is 13.5 Å². The fourth-order valence-corrected chi connectivity index (χ4v) is 3.27. The van der Waals surface area contributed by atoms with E-state index < -0.39 is 0 Å². The molecule has 1 N–H and O–H groups in total. The van der Waals surface area contributed by atoms with Crippen molar-refractivity contribution < 1.29 is 14.4 Å². The Morgan fingerprint density at radius 2 is 2.21 bits per heavy atom. The molecular weight excluding hydrogens is 324 g/mol. The molecule has 0 saturated carbocycles. The number of amides is 1. The number of aryl methyl sites for hydroxylation is 1. The molecule has 0 fully saturated rings. The van der Waals surface area contributed by atoms with E-state index in [-0.39, 0.29) is 18.2 Å². The minimum Gasteiger partial charge on any atom is -0.507 e. The third kappa shape index (κ3) is 3.23. The highest BCUT2D eigenvalue weighted by molar-refractivity contribution is 7.14. The molecule has 0 aliphatic heterocycles. The molecule has 1 aromatic carbocycles. The Labute approximate surface area is 143 Å². The predicted octanol–water partition coefficient (Wildman–Crippen LogP) is 4.14. The average molecular weight is 340 g/mol. The molecule has 0 atom stereocenters. The minimum atomic E-state index is -0.227. The van der Waals surface area contributed by atoms with Crippen LogP contribution in [-0.2, 0) is 11.3 Å². The normalized spacial score (nSPS) is 10.5. The van der Waals surface area contributed by atoms with E-state index in [0.29, 0.717) is 5.76 Å². The van der Waals surface area contributed by atoms with Crippen LogP contribution in [0.3, 0.4) is 0 Å². The Hall–Kier alpha value is -2.86. The zero-order valence-electron chi connectivity index (χ0n) is 13.1. The summed E-state index contributed by atoms with van der Waals surface area (Å²) < 4.78 is 5.21. The number of hydrogen-bond acceptors (Lipinski definition) is 5. The van der Waals surface area contributed by atoms with Crippen LogP contribution >= 0.6 is 11.3 Å². The third-order valence-corrected chi connectivity index (χ3v) is 4.45. The lowest BCUT2D eigenvalue weighted by Gasteiger charge is -2.17. The molecule has 3 rings (SSSR count). The summed E-state index contributed by atoms with van der Waals surface area (Å²) >= 11 is 1.42. The lowest BCUT2D eigenvalue weighted by Crippen LogP contribution is -2.27. The van der Waals surface area contributed by atoms with Gasteiger partial charge in [-0.05, 0) is 30.7 Å². The van der Waals surface area contributed by atoms with E-state index in [2.05, 4.69) is 11.7 Å². The Kier molecular flexibility index (Phi) is 4.48. The first-order valence-corrected chi connectivity index (χ1v) is 8.19. The van der Waals surface area contributed by atoms with Gasteiger partial charge in [0.25, 0.3) is 5.91 Å². The van der Waals surface area contributed by atoms with Crippen LogP contribution in [0.25, 0.3) is 11.1 Å². The van der Waals surface area contributed by atoms with Crippen molar-refractivity contribution in [2.24, 2.45) is 0 Å². The molecule has 122 valence electrons. The Bertz CT molecular complexity index is 882. The molecule has 0 saturated heterocycles. The molecule has 0 aliphatic rings. The first-order chi connectivity index (χ1) is 11.6. The summed E-state index contributed by atoms with van der Waals surface area (Å²) in [6.45, 7) is 5.66. The van der Waals surface area contributed by atoms with Crippen LogP contribution in [-0.4, -0.2) is 16.2 Å². The molecule has 0 bridgehead atoms. The van der Waals surface area contributed by atoms with E-state index in [0.717, 1.165) is 21.8 Å². The summed E-state index contributed by atoms with van der Waals surface area (Å²) in [4.78, 5) is 13.8. The zero-order valence-corrected chi connectivity index (χ0v) is 13.9. The van der Waals surface area contributed by atoms with Gasteiger partial charge in [-0.3, -0.25) is 9.69 Å². The second kappa shape index (κ2) is 6.72. The largest absolute Gasteiger partial charge is 0.507 e. The molecule has 1 amide bonds. The number of benzene rings is 1. The van der Waals surface area contributed by atoms with Crippen LogP contribution in [0.4, 0.5) is 5.00 Å². The SMILES string of the molecule is C=CC(=O)N(Cc1cc(C)no1)c1cc(-c2ccccc2O)cs1. The summed E-state index contributed by atoms with van der Waals surface area (Å²) in [5.41, 5.74) is 2.34. The maximum Gasteiger partial charge on any atom is 0.251 e. The quantitative estimate of drug-likeness (QED) is 0.709. The molecule has 24 heavy (non-hydrogen) atoms. The molecule has 5 nitrogen and oxygen atoms in total. The monoisotopic (exact) mass is 340 g/mol. The Morgan fingerprint density at radius 3 is 2.88 bits per heavy atom. The van der Waals surface area contributed by atoms with E-state index in [1.807, 2.05) is 30.5 Å². The maximum absolute atomic E-state index is 12.2. The van der Waals surface area contributed by atoms with Crippen molar-refractivity contribution in [1.29, 1.82) is 0 Å². The van der Waals surface area contributed by atoms with Crippen LogP contribution in [0.2, 0.25) is 0 Å². The molecule has 3 aromatic rings. The van der Waals surface area contributed by atoms with Gasteiger partial charge in [0.2, 0.25) is 0 Å². The number of carbonyl (C=O) groups excluding carboxylic acids is 1. The number of nitrogens with zero attached hydrogens (tertiary/aromatic N) is 2. The number of aromatic nitrogens is 1. The summed E-state index contributed by atoms with van der Waals surface area (Å²) in [5, 5.41) is 16.5. The number of hydrogen-bond donors (Lipinski definition) is 1. The Morgan fingerprint density at radius 1 is 1.42 bits per heavy atom. The van der Waals surface area contributed by atoms with Crippen LogP contribution in [0, 0.1) is 6.92 Å². The van der Waals surface area contributed by atoms with Gasteiger partial charge in [-0.2, -0.15) is 0 Å². The molecule has 0 aliphatic carbocycles. The van der Waals surface area contributed by atoms with E-state index >= 15 is 0 Å². The second-order valence-electron chi connectivity index (χ2n) is 5.25. The van der Waals surface area contributed by atoms with Crippen LogP contribution in [0.5, 0.6) is 5.75 Å². The van der Waals surface area contributed by atoms with Gasteiger partial charge in [-0.25, -0.2) is 0 Å². The fourth-order valence-electron chi connectivity index (χ4n) is 2.35. The summed E-state index contributed by atoms with van der Waals surface area (Å²) in [6, 6.07) is 10.8. The van der Waals surface area contributed by atoms with Gasteiger partial charge >= 0.3 is 0 Å². The van der Waals surface area contributed by atoms with Crippen molar-refractivity contribution in [3.05, 3.63) is 65.9 Å². The molecule has 2 aromatic heterocycles. The lowest BCUT2D eigenvalue weighted by atomic mass is 10.1. The van der Waals surface area contributed by atoms with E-state index in [1.165, 1.54) is 17.4 Å². The third-order valence-electron chi connectivity index (χ3n) is 3.50. The first kappa shape index (κ1) is 16.0. The average Bonchev–Trinajstić information content (AvgIpc) is 3.21. The van der Waals surface area contributed by atoms with Gasteiger partial charge in [0, 0.05) is 17.0 Å². The highest BCUT2D eigenvalue weighted by Gasteiger charge is 2.19. The van der Waals surface area contributed by atoms with Gasteiger partial charge in [0.1, 0.15) is 5.75 Å². The van der Waals surface area contributed by atoms with E-state index in [1.54, 1.807) is 23.1 Å². The van der Waals surface area contributed by atoms with Crippen molar-refractivity contribution >= 4 is 22.2 Å². The molecule has 6 heteroatoms. The van der Waals surface area contributed by atoms with E-state index in [9.17, 15) is 9.90 Å². The van der Waals surface area contributed by atoms with Gasteiger partial charge in [-0.15, -0.1) is 11.3 Å². The smallest absolute Gasteiger partial charge is 0.251 e. The first-order valence-electron chi connectivity index (χ1n) is 7.31. The van der Waals surface area contributed by atoms with Crippen molar-refractivity contribution in [2.75, 3.05) is 4.90 Å². The number of aromatic hydroxyl groups is 1.